The van der Waals surface area contributed by atoms with E-state index < -0.39 is 35.4 Å². The van der Waals surface area contributed by atoms with E-state index in [1.165, 1.54) is 29.2 Å². The molecule has 3 aromatic rings. The first-order valence-electron chi connectivity index (χ1n) is 11.1. The van der Waals surface area contributed by atoms with Gasteiger partial charge in [0.15, 0.2) is 0 Å². The minimum Gasteiger partial charge on any atom is -0.366 e. The van der Waals surface area contributed by atoms with Crippen LogP contribution in [0.2, 0.25) is 5.02 Å². The molecule has 8 nitrogen and oxygen atoms in total. The first-order valence-corrected chi connectivity index (χ1v) is 11.4. The van der Waals surface area contributed by atoms with Gasteiger partial charge >= 0.3 is 0 Å². The van der Waals surface area contributed by atoms with E-state index in [-0.39, 0.29) is 17.1 Å². The maximum absolute atomic E-state index is 13.5. The Bertz CT molecular complexity index is 1340. The predicted molar refractivity (Wildman–Crippen MR) is 133 cm³/mol. The van der Waals surface area contributed by atoms with Gasteiger partial charge in [0.1, 0.15) is 11.7 Å². The number of hydrogen-bond donors (Lipinski definition) is 3. The molecule has 1 fully saturated rings. The van der Waals surface area contributed by atoms with Crippen LogP contribution < -0.4 is 21.3 Å². The van der Waals surface area contributed by atoms with Gasteiger partial charge in [0.25, 0.3) is 5.91 Å². The van der Waals surface area contributed by atoms with Crippen LogP contribution in [0.25, 0.3) is 0 Å². The highest BCUT2D eigenvalue weighted by Crippen LogP contribution is 2.27. The number of benzene rings is 3. The number of rotatable bonds is 7. The third kappa shape index (κ3) is 5.69. The Morgan fingerprint density at radius 1 is 1.03 bits per heavy atom. The minimum absolute atomic E-state index is 0.0344. The Balaban J connectivity index is 1.41. The van der Waals surface area contributed by atoms with Crippen molar-refractivity contribution in [2.75, 3.05) is 16.8 Å². The summed E-state index contributed by atoms with van der Waals surface area (Å²) in [6.07, 6.45) is 0.297. The molecule has 0 radical (unpaired) electrons. The molecule has 184 valence electrons. The molecule has 0 bridgehead atoms. The molecule has 0 saturated carbocycles. The summed E-state index contributed by atoms with van der Waals surface area (Å²) in [5.41, 5.74) is 7.19. The molecule has 10 heteroatoms. The number of anilines is 2. The highest BCUT2D eigenvalue weighted by molar-refractivity contribution is 6.30. The molecule has 1 saturated heterocycles. The Kier molecular flexibility index (Phi) is 7.30. The lowest BCUT2D eigenvalue weighted by Crippen LogP contribution is -2.36. The van der Waals surface area contributed by atoms with E-state index in [0.29, 0.717) is 35.5 Å². The molecule has 1 unspecified atom stereocenters. The van der Waals surface area contributed by atoms with Gasteiger partial charge in [-0.25, -0.2) is 4.39 Å². The van der Waals surface area contributed by atoms with Crippen LogP contribution in [0.3, 0.4) is 0 Å². The first kappa shape index (κ1) is 24.9. The van der Waals surface area contributed by atoms with Gasteiger partial charge in [-0.15, -0.1) is 0 Å². The van der Waals surface area contributed by atoms with Crippen LogP contribution in [0.1, 0.15) is 32.7 Å². The van der Waals surface area contributed by atoms with Crippen molar-refractivity contribution in [1.82, 2.24) is 5.32 Å². The number of carbonyl (C=O) groups excluding carboxylic acids is 4. The summed E-state index contributed by atoms with van der Waals surface area (Å²) in [7, 11) is 0. The van der Waals surface area contributed by atoms with Crippen molar-refractivity contribution in [3.63, 3.8) is 0 Å². The molecule has 1 heterocycles. The van der Waals surface area contributed by atoms with E-state index >= 15 is 0 Å². The number of nitrogens with one attached hydrogen (secondary N) is 2. The van der Waals surface area contributed by atoms with E-state index in [1.54, 1.807) is 36.4 Å². The van der Waals surface area contributed by atoms with Gasteiger partial charge in [0.2, 0.25) is 17.7 Å². The summed E-state index contributed by atoms with van der Waals surface area (Å²) in [5, 5.41) is 5.57. The lowest BCUT2D eigenvalue weighted by molar-refractivity contribution is -0.132. The van der Waals surface area contributed by atoms with E-state index in [4.69, 9.17) is 17.3 Å². The smallest absolute Gasteiger partial charge is 0.255 e. The lowest BCUT2D eigenvalue weighted by Gasteiger charge is -2.18. The molecule has 4 rings (SSSR count). The highest BCUT2D eigenvalue weighted by Gasteiger charge is 2.37. The molecular weight excluding hydrogens is 487 g/mol. The summed E-state index contributed by atoms with van der Waals surface area (Å²) in [5.74, 6) is -3.32. The normalized spacial score (nSPS) is 15.0. The number of nitrogens with two attached hydrogens (primary N) is 1. The molecule has 1 aliphatic heterocycles. The van der Waals surface area contributed by atoms with Gasteiger partial charge in [0.05, 0.1) is 0 Å². The topological polar surface area (TPSA) is 122 Å². The summed E-state index contributed by atoms with van der Waals surface area (Å²) in [6, 6.07) is 16.7. The zero-order valence-corrected chi connectivity index (χ0v) is 19.7. The van der Waals surface area contributed by atoms with Gasteiger partial charge in [-0.2, -0.15) is 0 Å². The molecule has 1 aliphatic rings. The Labute approximate surface area is 211 Å². The molecule has 0 aliphatic carbocycles. The van der Waals surface area contributed by atoms with Crippen LogP contribution in [0, 0.1) is 11.7 Å². The Hall–Kier alpha value is -4.24. The van der Waals surface area contributed by atoms with Crippen molar-refractivity contribution in [3.8, 4) is 0 Å². The summed E-state index contributed by atoms with van der Waals surface area (Å²) in [6.45, 7) is 0.334. The van der Waals surface area contributed by atoms with Gasteiger partial charge in [-0.3, -0.25) is 19.2 Å². The molecular formula is C26H22ClFN4O4. The fourth-order valence-electron chi connectivity index (χ4n) is 3.97. The fourth-order valence-corrected chi connectivity index (χ4v) is 4.22. The lowest BCUT2D eigenvalue weighted by atomic mass is 10.1. The molecule has 4 amide bonds. The van der Waals surface area contributed by atoms with Crippen molar-refractivity contribution in [3.05, 3.63) is 94.3 Å². The maximum atomic E-state index is 13.5. The first-order chi connectivity index (χ1) is 17.2. The van der Waals surface area contributed by atoms with Gasteiger partial charge in [0, 0.05) is 40.6 Å². The fraction of sp³-hybridized carbons (Fsp3) is 0.154. The zero-order valence-electron chi connectivity index (χ0n) is 19.0. The predicted octanol–water partition coefficient (Wildman–Crippen LogP) is 3.50. The van der Waals surface area contributed by atoms with E-state index in [1.807, 2.05) is 0 Å². The molecule has 0 aromatic heterocycles. The van der Waals surface area contributed by atoms with Crippen molar-refractivity contribution in [2.24, 2.45) is 11.7 Å². The SMILES string of the molecule is NC(=O)c1cccc(NC(=O)c2cccc(N3CCC(C(=O)NCc4cc(F)cc(Cl)c4)C3=O)c2)c1. The second-order valence-electron chi connectivity index (χ2n) is 8.28. The third-order valence-electron chi connectivity index (χ3n) is 5.74. The Morgan fingerprint density at radius 3 is 2.53 bits per heavy atom. The molecule has 4 N–H and O–H groups in total. The van der Waals surface area contributed by atoms with Crippen LogP contribution in [0.4, 0.5) is 15.8 Å². The molecule has 1 atom stereocenters. The largest absolute Gasteiger partial charge is 0.366 e. The van der Waals surface area contributed by atoms with Crippen molar-refractivity contribution in [1.29, 1.82) is 0 Å². The van der Waals surface area contributed by atoms with Crippen LogP contribution in [0.5, 0.6) is 0 Å². The number of hydrogen-bond acceptors (Lipinski definition) is 4. The van der Waals surface area contributed by atoms with Crippen LogP contribution in [0.15, 0.2) is 66.7 Å². The van der Waals surface area contributed by atoms with Crippen LogP contribution in [-0.4, -0.2) is 30.2 Å². The van der Waals surface area contributed by atoms with Gasteiger partial charge < -0.3 is 21.3 Å². The molecule has 36 heavy (non-hydrogen) atoms. The number of amides is 4. The second kappa shape index (κ2) is 10.6. The zero-order chi connectivity index (χ0) is 25.8. The van der Waals surface area contributed by atoms with Gasteiger partial charge in [-0.1, -0.05) is 23.7 Å². The maximum Gasteiger partial charge on any atom is 0.255 e. The van der Waals surface area contributed by atoms with Crippen molar-refractivity contribution in [2.45, 2.75) is 13.0 Å². The number of primary amides is 1. The average molecular weight is 509 g/mol. The number of halogens is 2. The van der Waals surface area contributed by atoms with Gasteiger partial charge in [-0.05, 0) is 66.6 Å². The number of nitrogens with zero attached hydrogens (tertiary/aromatic N) is 1. The van der Waals surface area contributed by atoms with Crippen molar-refractivity contribution >= 4 is 46.6 Å². The molecule has 3 aromatic carbocycles. The highest BCUT2D eigenvalue weighted by atomic mass is 35.5. The number of carbonyl (C=O) groups is 4. The Morgan fingerprint density at radius 2 is 1.78 bits per heavy atom. The third-order valence-corrected chi connectivity index (χ3v) is 5.95. The minimum atomic E-state index is -0.900. The summed E-state index contributed by atoms with van der Waals surface area (Å²) in [4.78, 5) is 51.2. The standard InChI is InChI=1S/C26H22ClFN4O4/c27-18-9-15(10-19(28)13-18)14-30-25(35)22-7-8-32(26(22)36)21-6-2-4-17(12-21)24(34)31-20-5-1-3-16(11-20)23(29)33/h1-6,9-13,22H,7-8,14H2,(H2,29,33)(H,30,35)(H,31,34). The van der Waals surface area contributed by atoms with E-state index in [9.17, 15) is 23.6 Å². The van der Waals surface area contributed by atoms with E-state index in [0.717, 1.165) is 6.07 Å². The van der Waals surface area contributed by atoms with E-state index in [2.05, 4.69) is 10.6 Å². The monoisotopic (exact) mass is 508 g/mol. The average Bonchev–Trinajstić information content (AvgIpc) is 3.23. The van der Waals surface area contributed by atoms with Crippen molar-refractivity contribution < 1.29 is 23.6 Å². The summed E-state index contributed by atoms with van der Waals surface area (Å²) >= 11 is 5.84. The molecule has 0 spiro atoms. The second-order valence-corrected chi connectivity index (χ2v) is 8.71. The van der Waals surface area contributed by atoms with Crippen LogP contribution >= 0.6 is 11.6 Å². The summed E-state index contributed by atoms with van der Waals surface area (Å²) < 4.78 is 13.5. The van der Waals surface area contributed by atoms with Crippen LogP contribution in [-0.2, 0) is 16.1 Å². The quantitative estimate of drug-likeness (QED) is 0.423.